The molecule has 0 saturated carbocycles. The summed E-state index contributed by atoms with van der Waals surface area (Å²) in [6.45, 7) is 5.14. The molecule has 0 heterocycles. The molecule has 0 amide bonds. The molecule has 0 aromatic heterocycles. The van der Waals surface area contributed by atoms with Crippen molar-refractivity contribution in [3.63, 3.8) is 0 Å². The van der Waals surface area contributed by atoms with Gasteiger partial charge in [-0.2, -0.15) is 0 Å². The SMILES string of the molecule is C[Si](C)(C)CC(=O)OC(=O)C(O)CO. The number of ether oxygens (including phenoxy) is 1. The predicted octanol–water partition coefficient (Wildman–Crippen LogP) is -0.252. The molecule has 5 nitrogen and oxygen atoms in total. The first-order valence-corrected chi connectivity index (χ1v) is 8.00. The molecule has 0 aromatic carbocycles. The summed E-state index contributed by atoms with van der Waals surface area (Å²) in [5.74, 6) is -1.72. The maximum absolute atomic E-state index is 11.1. The van der Waals surface area contributed by atoms with Gasteiger partial charge in [0.2, 0.25) is 0 Å². The van der Waals surface area contributed by atoms with E-state index in [9.17, 15) is 9.59 Å². The minimum atomic E-state index is -1.62. The quantitative estimate of drug-likeness (QED) is 0.388. The molecule has 14 heavy (non-hydrogen) atoms. The number of hydrogen-bond donors (Lipinski definition) is 2. The Kier molecular flexibility index (Phi) is 4.96. The van der Waals surface area contributed by atoms with Gasteiger partial charge in [-0.15, -0.1) is 0 Å². The van der Waals surface area contributed by atoms with Gasteiger partial charge >= 0.3 is 11.9 Å². The van der Waals surface area contributed by atoms with E-state index < -0.39 is 32.7 Å². The lowest BCUT2D eigenvalue weighted by molar-refractivity contribution is -0.165. The zero-order valence-electron chi connectivity index (χ0n) is 8.61. The smallest absolute Gasteiger partial charge is 0.345 e. The van der Waals surface area contributed by atoms with Gasteiger partial charge in [-0.1, -0.05) is 19.6 Å². The van der Waals surface area contributed by atoms with Gasteiger partial charge in [0.1, 0.15) is 0 Å². The minimum Gasteiger partial charge on any atom is -0.393 e. The predicted molar refractivity (Wildman–Crippen MR) is 52.3 cm³/mol. The summed E-state index contributed by atoms with van der Waals surface area (Å²) in [4.78, 5) is 21.9. The zero-order valence-corrected chi connectivity index (χ0v) is 9.61. The summed E-state index contributed by atoms with van der Waals surface area (Å²) < 4.78 is 4.33. The molecule has 0 saturated heterocycles. The fourth-order valence-corrected chi connectivity index (χ4v) is 1.66. The Morgan fingerprint density at radius 1 is 1.36 bits per heavy atom. The second kappa shape index (κ2) is 5.23. The summed E-state index contributed by atoms with van der Waals surface area (Å²) >= 11 is 0. The van der Waals surface area contributed by atoms with Crippen LogP contribution in [0.4, 0.5) is 0 Å². The van der Waals surface area contributed by atoms with Crippen LogP contribution in [0, 0.1) is 0 Å². The highest BCUT2D eigenvalue weighted by molar-refractivity contribution is 6.78. The highest BCUT2D eigenvalue weighted by Gasteiger charge is 2.24. The molecule has 6 heteroatoms. The van der Waals surface area contributed by atoms with Crippen molar-refractivity contribution in [1.29, 1.82) is 0 Å². The fraction of sp³-hybridized carbons (Fsp3) is 0.750. The van der Waals surface area contributed by atoms with E-state index in [0.29, 0.717) is 0 Å². The average Bonchev–Trinajstić information content (AvgIpc) is 1.99. The van der Waals surface area contributed by atoms with Crippen molar-refractivity contribution in [2.24, 2.45) is 0 Å². The van der Waals surface area contributed by atoms with Crippen LogP contribution < -0.4 is 0 Å². The number of hydrogen-bond acceptors (Lipinski definition) is 5. The summed E-state index contributed by atoms with van der Waals surface area (Å²) in [5, 5.41) is 17.2. The highest BCUT2D eigenvalue weighted by atomic mass is 28.3. The molecule has 0 fully saturated rings. The summed E-state index contributed by atoms with van der Waals surface area (Å²) in [6.07, 6.45) is -1.62. The topological polar surface area (TPSA) is 83.8 Å². The monoisotopic (exact) mass is 220 g/mol. The van der Waals surface area contributed by atoms with Crippen molar-refractivity contribution in [2.45, 2.75) is 31.8 Å². The molecule has 1 atom stereocenters. The molecule has 0 bridgehead atoms. The van der Waals surface area contributed by atoms with E-state index in [4.69, 9.17) is 10.2 Å². The first-order chi connectivity index (χ1) is 6.26. The van der Waals surface area contributed by atoms with Crippen molar-refractivity contribution in [3.8, 4) is 0 Å². The minimum absolute atomic E-state index is 0.219. The molecule has 0 aliphatic rings. The second-order valence-electron chi connectivity index (χ2n) is 4.23. The molecular weight excluding hydrogens is 204 g/mol. The van der Waals surface area contributed by atoms with Crippen LogP contribution in [0.15, 0.2) is 0 Å². The van der Waals surface area contributed by atoms with E-state index in [0.717, 1.165) is 0 Å². The Balaban J connectivity index is 4.02. The maximum Gasteiger partial charge on any atom is 0.345 e. The average molecular weight is 220 g/mol. The van der Waals surface area contributed by atoms with Gasteiger partial charge in [-0.25, -0.2) is 4.79 Å². The van der Waals surface area contributed by atoms with E-state index in [1.807, 2.05) is 19.6 Å². The van der Waals surface area contributed by atoms with Crippen LogP contribution in [0.3, 0.4) is 0 Å². The molecule has 2 N–H and O–H groups in total. The summed E-state index contributed by atoms with van der Waals surface area (Å²) in [5.41, 5.74) is 0. The molecule has 0 aromatic rings. The highest BCUT2D eigenvalue weighted by Crippen LogP contribution is 2.09. The van der Waals surface area contributed by atoms with Crippen LogP contribution in [0.1, 0.15) is 0 Å². The molecule has 1 unspecified atom stereocenters. The first-order valence-electron chi connectivity index (χ1n) is 4.29. The van der Waals surface area contributed by atoms with E-state index in [1.165, 1.54) is 0 Å². The lowest BCUT2D eigenvalue weighted by Gasteiger charge is -2.14. The van der Waals surface area contributed by atoms with E-state index in [-0.39, 0.29) is 6.04 Å². The van der Waals surface area contributed by atoms with Crippen LogP contribution in [0.2, 0.25) is 25.7 Å². The number of carbonyl (C=O) groups is 2. The molecule has 0 aliphatic carbocycles. The molecule has 0 radical (unpaired) electrons. The van der Waals surface area contributed by atoms with Crippen LogP contribution in [0.5, 0.6) is 0 Å². The second-order valence-corrected chi connectivity index (χ2v) is 9.70. The molecule has 82 valence electrons. The van der Waals surface area contributed by atoms with Crippen molar-refractivity contribution in [2.75, 3.05) is 6.61 Å². The van der Waals surface area contributed by atoms with Gasteiger partial charge in [-0.3, -0.25) is 4.79 Å². The summed E-state index contributed by atoms with van der Waals surface area (Å²) in [6, 6.07) is 0.219. The van der Waals surface area contributed by atoms with Crippen molar-refractivity contribution >= 4 is 20.0 Å². The van der Waals surface area contributed by atoms with Gasteiger partial charge in [0, 0.05) is 6.04 Å². The fourth-order valence-electron chi connectivity index (χ4n) is 0.724. The Hall–Kier alpha value is -0.723. The largest absolute Gasteiger partial charge is 0.393 e. The van der Waals surface area contributed by atoms with Gasteiger partial charge in [0.25, 0.3) is 0 Å². The zero-order chi connectivity index (χ0) is 11.4. The number of aliphatic hydroxyl groups is 2. The first kappa shape index (κ1) is 13.3. The molecule has 0 spiro atoms. The number of esters is 2. The number of carbonyl (C=O) groups excluding carboxylic acids is 2. The van der Waals surface area contributed by atoms with E-state index >= 15 is 0 Å². The normalized spacial score (nSPS) is 13.5. The van der Waals surface area contributed by atoms with Crippen LogP contribution >= 0.6 is 0 Å². The van der Waals surface area contributed by atoms with Crippen LogP contribution in [-0.2, 0) is 14.3 Å². The van der Waals surface area contributed by atoms with Crippen molar-refractivity contribution < 1.29 is 24.5 Å². The number of aliphatic hydroxyl groups excluding tert-OH is 2. The van der Waals surface area contributed by atoms with Crippen molar-refractivity contribution in [3.05, 3.63) is 0 Å². The lowest BCUT2D eigenvalue weighted by Crippen LogP contribution is -2.32. The van der Waals surface area contributed by atoms with Crippen LogP contribution in [-0.4, -0.2) is 42.9 Å². The van der Waals surface area contributed by atoms with E-state index in [2.05, 4.69) is 4.74 Å². The van der Waals surface area contributed by atoms with Gasteiger partial charge in [0.05, 0.1) is 14.7 Å². The van der Waals surface area contributed by atoms with Gasteiger partial charge in [-0.05, 0) is 0 Å². The molecule has 0 aliphatic heterocycles. The lowest BCUT2D eigenvalue weighted by atomic mass is 10.4. The maximum atomic E-state index is 11.1. The van der Waals surface area contributed by atoms with Gasteiger partial charge in [0.15, 0.2) is 6.10 Å². The Labute approximate surface area is 83.7 Å². The Bertz CT molecular complexity index is 220. The third-order valence-corrected chi connectivity index (χ3v) is 2.68. The standard InChI is InChI=1S/C8H16O5Si/c1-14(2,3)5-7(11)13-8(12)6(10)4-9/h6,9-10H,4-5H2,1-3H3. The Morgan fingerprint density at radius 2 is 1.86 bits per heavy atom. The molecule has 0 rings (SSSR count). The van der Waals surface area contributed by atoms with Gasteiger partial charge < -0.3 is 14.9 Å². The van der Waals surface area contributed by atoms with Crippen molar-refractivity contribution in [1.82, 2.24) is 0 Å². The van der Waals surface area contributed by atoms with Crippen LogP contribution in [0.25, 0.3) is 0 Å². The number of rotatable bonds is 4. The third-order valence-electron chi connectivity index (χ3n) is 1.33. The third kappa shape index (κ3) is 5.84. The molecular formula is C8H16O5Si. The van der Waals surface area contributed by atoms with E-state index in [1.54, 1.807) is 0 Å². The summed E-state index contributed by atoms with van der Waals surface area (Å²) in [7, 11) is -1.60. The Morgan fingerprint density at radius 3 is 2.21 bits per heavy atom.